The first-order valence-electron chi connectivity index (χ1n) is 7.52. The molecule has 0 spiro atoms. The van der Waals surface area contributed by atoms with E-state index in [0.29, 0.717) is 22.8 Å². The summed E-state index contributed by atoms with van der Waals surface area (Å²) in [4.78, 5) is 18.6. The quantitative estimate of drug-likeness (QED) is 0.686. The molecule has 0 saturated heterocycles. The molecule has 3 rings (SSSR count). The number of amides is 1. The molecule has 0 aliphatic heterocycles. The third-order valence-corrected chi connectivity index (χ3v) is 4.09. The summed E-state index contributed by atoms with van der Waals surface area (Å²) in [5.74, 6) is 1.12. The fourth-order valence-electron chi connectivity index (χ4n) is 2.89. The van der Waals surface area contributed by atoms with Gasteiger partial charge in [0.2, 0.25) is 0 Å². The van der Waals surface area contributed by atoms with Gasteiger partial charge in [0.1, 0.15) is 5.69 Å². The van der Waals surface area contributed by atoms with Crippen molar-refractivity contribution >= 4 is 47.4 Å². The van der Waals surface area contributed by atoms with Gasteiger partial charge < -0.3 is 24.5 Å². The molecule has 7 nitrogen and oxygen atoms in total. The van der Waals surface area contributed by atoms with Crippen molar-refractivity contribution in [3.8, 4) is 17.3 Å². The van der Waals surface area contributed by atoms with Gasteiger partial charge in [-0.3, -0.25) is 4.79 Å². The predicted molar refractivity (Wildman–Crippen MR) is 109 cm³/mol. The van der Waals surface area contributed by atoms with Crippen LogP contribution < -0.4 is 10.5 Å². The zero-order valence-electron chi connectivity index (χ0n) is 15.3. The van der Waals surface area contributed by atoms with Gasteiger partial charge in [0, 0.05) is 40.1 Å². The second-order valence-electron chi connectivity index (χ2n) is 5.98. The fourth-order valence-corrected chi connectivity index (χ4v) is 2.89. The number of aryl methyl sites for hydroxylation is 2. The Labute approximate surface area is 164 Å². The molecule has 0 atom stereocenters. The van der Waals surface area contributed by atoms with Crippen LogP contribution in [0.5, 0.6) is 5.75 Å². The van der Waals surface area contributed by atoms with E-state index < -0.39 is 0 Å². The summed E-state index contributed by atoms with van der Waals surface area (Å²) in [5.41, 5.74) is 9.54. The Kier molecular flexibility index (Phi) is 6.57. The Bertz CT molecular complexity index is 946. The van der Waals surface area contributed by atoms with E-state index in [-0.39, 0.29) is 30.7 Å². The molecule has 0 aliphatic carbocycles. The normalized spacial score (nSPS) is 10.2. The molecule has 9 heteroatoms. The number of rotatable bonds is 3. The number of imidazole rings is 1. The smallest absolute Gasteiger partial charge is 0.258 e. The molecular formula is C17H23Cl2N5O2. The molecule has 1 amide bonds. The van der Waals surface area contributed by atoms with Gasteiger partial charge in [-0.15, -0.1) is 24.8 Å². The number of nitrogen functional groups attached to an aromatic ring is 1. The number of fused-ring (bicyclic) bond motifs is 1. The van der Waals surface area contributed by atoms with Crippen molar-refractivity contribution in [2.75, 3.05) is 26.9 Å². The molecule has 0 aliphatic rings. The Morgan fingerprint density at radius 3 is 2.46 bits per heavy atom. The van der Waals surface area contributed by atoms with Gasteiger partial charge in [-0.2, -0.15) is 0 Å². The summed E-state index contributed by atoms with van der Waals surface area (Å²) in [6.07, 6.45) is 1.77. The summed E-state index contributed by atoms with van der Waals surface area (Å²) in [6.45, 7) is 0. The minimum atomic E-state index is -0.114. The van der Waals surface area contributed by atoms with E-state index in [9.17, 15) is 4.79 Å². The molecule has 26 heavy (non-hydrogen) atoms. The lowest BCUT2D eigenvalue weighted by atomic mass is 10.2. The van der Waals surface area contributed by atoms with Crippen molar-refractivity contribution < 1.29 is 9.53 Å². The summed E-state index contributed by atoms with van der Waals surface area (Å²) in [5, 5.41) is 0. The van der Waals surface area contributed by atoms with Crippen LogP contribution in [0.15, 0.2) is 24.4 Å². The number of hydrogen-bond acceptors (Lipinski definition) is 4. The molecule has 0 radical (unpaired) electrons. The molecule has 142 valence electrons. The number of nitrogens with two attached hydrogens (primary N) is 1. The lowest BCUT2D eigenvalue weighted by Crippen LogP contribution is -2.21. The molecule has 2 aromatic heterocycles. The molecule has 2 N–H and O–H groups in total. The van der Waals surface area contributed by atoms with Crippen molar-refractivity contribution in [1.82, 2.24) is 19.0 Å². The number of nitrogens with zero attached hydrogens (tertiary/aromatic N) is 4. The second kappa shape index (κ2) is 7.88. The highest BCUT2D eigenvalue weighted by Crippen LogP contribution is 2.36. The van der Waals surface area contributed by atoms with Gasteiger partial charge in [-0.1, -0.05) is 0 Å². The van der Waals surface area contributed by atoms with Crippen molar-refractivity contribution in [1.29, 1.82) is 0 Å². The second-order valence-corrected chi connectivity index (χ2v) is 5.98. The third kappa shape index (κ3) is 3.32. The van der Waals surface area contributed by atoms with Crippen LogP contribution in [0.3, 0.4) is 0 Å². The summed E-state index contributed by atoms with van der Waals surface area (Å²) < 4.78 is 9.38. The first-order chi connectivity index (χ1) is 11.3. The van der Waals surface area contributed by atoms with E-state index in [1.54, 1.807) is 27.4 Å². The van der Waals surface area contributed by atoms with Crippen molar-refractivity contribution in [3.63, 3.8) is 0 Å². The monoisotopic (exact) mass is 399 g/mol. The minimum Gasteiger partial charge on any atom is -0.494 e. The average molecular weight is 400 g/mol. The number of ether oxygens (including phenoxy) is 1. The van der Waals surface area contributed by atoms with Gasteiger partial charge in [-0.05, 0) is 18.2 Å². The Balaban J connectivity index is 0.00000169. The highest BCUT2D eigenvalue weighted by molar-refractivity contribution is 5.99. The minimum absolute atomic E-state index is 0. The largest absolute Gasteiger partial charge is 0.494 e. The van der Waals surface area contributed by atoms with E-state index in [4.69, 9.17) is 10.5 Å². The molecular weight excluding hydrogens is 377 g/mol. The van der Waals surface area contributed by atoms with E-state index in [2.05, 4.69) is 4.98 Å². The highest BCUT2D eigenvalue weighted by Gasteiger charge is 2.25. The van der Waals surface area contributed by atoms with E-state index in [1.807, 2.05) is 41.4 Å². The topological polar surface area (TPSA) is 78.3 Å². The molecule has 0 bridgehead atoms. The maximum atomic E-state index is 12.4. The Hall–Kier alpha value is -2.38. The molecule has 3 aromatic rings. The van der Waals surface area contributed by atoms with Gasteiger partial charge in [0.15, 0.2) is 11.6 Å². The zero-order valence-corrected chi connectivity index (χ0v) is 16.9. The van der Waals surface area contributed by atoms with Crippen LogP contribution in [-0.4, -0.2) is 46.1 Å². The van der Waals surface area contributed by atoms with Crippen LogP contribution in [0, 0.1) is 0 Å². The zero-order chi connectivity index (χ0) is 17.6. The van der Waals surface area contributed by atoms with E-state index in [0.717, 1.165) is 16.7 Å². The van der Waals surface area contributed by atoms with Crippen LogP contribution in [0.4, 0.5) is 5.69 Å². The molecule has 2 heterocycles. The van der Waals surface area contributed by atoms with Crippen molar-refractivity contribution in [3.05, 3.63) is 30.0 Å². The van der Waals surface area contributed by atoms with Gasteiger partial charge >= 0.3 is 0 Å². The Morgan fingerprint density at radius 1 is 1.23 bits per heavy atom. The number of aromatic nitrogens is 3. The van der Waals surface area contributed by atoms with Crippen molar-refractivity contribution in [2.45, 2.75) is 0 Å². The standard InChI is InChI=1S/C17H21N5O2.2ClH/c1-20(2)17(23)11-9-21(3)14(15(11)24-5)16-19-12-8-10(18)6-7-13(12)22(16)4;;/h6-9H,18H2,1-5H3;2*1H. The lowest BCUT2D eigenvalue weighted by molar-refractivity contribution is 0.0824. The van der Waals surface area contributed by atoms with Gasteiger partial charge in [0.25, 0.3) is 5.91 Å². The number of carbonyl (C=O) groups excluding carboxylic acids is 1. The number of halogens is 2. The first-order valence-corrected chi connectivity index (χ1v) is 7.52. The van der Waals surface area contributed by atoms with Crippen LogP contribution in [0.2, 0.25) is 0 Å². The predicted octanol–water partition coefficient (Wildman–Crippen LogP) is 2.72. The van der Waals surface area contributed by atoms with Gasteiger partial charge in [-0.25, -0.2) is 4.98 Å². The van der Waals surface area contributed by atoms with Crippen LogP contribution in [0.25, 0.3) is 22.6 Å². The molecule has 0 saturated carbocycles. The van der Waals surface area contributed by atoms with Crippen LogP contribution >= 0.6 is 24.8 Å². The highest BCUT2D eigenvalue weighted by atomic mass is 35.5. The van der Waals surface area contributed by atoms with Crippen molar-refractivity contribution in [2.24, 2.45) is 14.1 Å². The number of methoxy groups -OCH3 is 1. The molecule has 1 aromatic carbocycles. The summed E-state index contributed by atoms with van der Waals surface area (Å²) in [7, 11) is 8.79. The fraction of sp³-hybridized carbons (Fsp3) is 0.294. The molecule has 0 fully saturated rings. The van der Waals surface area contributed by atoms with E-state index in [1.165, 1.54) is 4.90 Å². The number of benzene rings is 1. The average Bonchev–Trinajstić information content (AvgIpc) is 3.02. The Morgan fingerprint density at radius 2 is 1.88 bits per heavy atom. The first kappa shape index (κ1) is 21.7. The van der Waals surface area contributed by atoms with Crippen LogP contribution in [-0.2, 0) is 14.1 Å². The number of anilines is 1. The SMILES string of the molecule is COc1c(C(=O)N(C)C)cn(C)c1-c1nc2cc(N)ccc2n1C.Cl.Cl. The van der Waals surface area contributed by atoms with E-state index >= 15 is 0 Å². The summed E-state index contributed by atoms with van der Waals surface area (Å²) >= 11 is 0. The third-order valence-electron chi connectivity index (χ3n) is 4.09. The number of hydrogen-bond donors (Lipinski definition) is 1. The summed E-state index contributed by atoms with van der Waals surface area (Å²) in [6, 6.07) is 5.61. The molecule has 0 unspecified atom stereocenters. The maximum Gasteiger partial charge on any atom is 0.258 e. The number of carbonyl (C=O) groups is 1. The lowest BCUT2D eigenvalue weighted by Gasteiger charge is -2.11. The maximum absolute atomic E-state index is 12.4. The van der Waals surface area contributed by atoms with Crippen LogP contribution in [0.1, 0.15) is 10.4 Å². The van der Waals surface area contributed by atoms with Gasteiger partial charge in [0.05, 0.1) is 23.7 Å².